The molecule has 20 heavy (non-hydrogen) atoms. The summed E-state index contributed by atoms with van der Waals surface area (Å²) >= 11 is 0. The molecule has 1 N–H and O–H groups in total. The Hall–Kier alpha value is -0.670. The number of amides is 1. The average Bonchev–Trinajstić information content (AvgIpc) is 2.62. The summed E-state index contributed by atoms with van der Waals surface area (Å²) in [5.41, 5.74) is 0. The molecule has 1 atom stereocenters. The van der Waals surface area contributed by atoms with E-state index in [1.54, 1.807) is 0 Å². The van der Waals surface area contributed by atoms with E-state index < -0.39 is 19.9 Å². The first-order chi connectivity index (χ1) is 9.14. The van der Waals surface area contributed by atoms with Crippen molar-refractivity contribution in [3.8, 4) is 0 Å². The molecule has 0 saturated carbocycles. The molecule has 1 aliphatic heterocycles. The molecule has 1 saturated heterocycles. The third-order valence-electron chi connectivity index (χ3n) is 3.13. The molecular weight excluding hydrogens is 304 g/mol. The Morgan fingerprint density at radius 1 is 1.35 bits per heavy atom. The van der Waals surface area contributed by atoms with Crippen molar-refractivity contribution >= 4 is 25.8 Å². The maximum Gasteiger partial charge on any atom is 0.221 e. The zero-order valence-electron chi connectivity index (χ0n) is 11.8. The first-order valence-electron chi connectivity index (χ1n) is 6.59. The van der Waals surface area contributed by atoms with Crippen LogP contribution < -0.4 is 5.32 Å². The number of carbonyl (C=O) groups excluding carboxylic acids is 1. The summed E-state index contributed by atoms with van der Waals surface area (Å²) in [5.74, 6) is -0.232. The fourth-order valence-electron chi connectivity index (χ4n) is 2.13. The number of hydrogen-bond acceptors (Lipinski definition) is 5. The van der Waals surface area contributed by atoms with Crippen LogP contribution in [-0.2, 0) is 24.7 Å². The molecule has 7 nitrogen and oxygen atoms in total. The minimum atomic E-state index is -3.31. The van der Waals surface area contributed by atoms with Crippen molar-refractivity contribution in [3.63, 3.8) is 0 Å². The third-order valence-corrected chi connectivity index (χ3v) is 6.20. The van der Waals surface area contributed by atoms with Crippen molar-refractivity contribution in [1.82, 2.24) is 9.62 Å². The number of rotatable bonds is 7. The lowest BCUT2D eigenvalue weighted by Gasteiger charge is -2.19. The van der Waals surface area contributed by atoms with E-state index in [1.165, 1.54) is 4.31 Å². The van der Waals surface area contributed by atoms with Gasteiger partial charge in [0.2, 0.25) is 15.9 Å². The minimum absolute atomic E-state index is 0.0243. The van der Waals surface area contributed by atoms with Gasteiger partial charge in [-0.25, -0.2) is 21.1 Å². The molecule has 118 valence electrons. The summed E-state index contributed by atoms with van der Waals surface area (Å²) in [5, 5.41) is 2.64. The van der Waals surface area contributed by atoms with E-state index in [-0.39, 0.29) is 36.4 Å². The highest BCUT2D eigenvalue weighted by atomic mass is 32.2. The summed E-state index contributed by atoms with van der Waals surface area (Å²) in [7, 11) is -6.34. The van der Waals surface area contributed by atoms with Gasteiger partial charge in [0.1, 0.15) is 0 Å². The lowest BCUT2D eigenvalue weighted by Crippen LogP contribution is -2.39. The number of sulfone groups is 1. The predicted molar refractivity (Wildman–Crippen MR) is 76.5 cm³/mol. The van der Waals surface area contributed by atoms with Crippen LogP contribution in [0.1, 0.15) is 26.2 Å². The van der Waals surface area contributed by atoms with E-state index in [0.717, 1.165) is 6.26 Å². The second-order valence-electron chi connectivity index (χ2n) is 5.08. The minimum Gasteiger partial charge on any atom is -0.352 e. The quantitative estimate of drug-likeness (QED) is 0.670. The monoisotopic (exact) mass is 326 g/mol. The number of nitrogens with zero attached hydrogens (tertiary/aromatic N) is 1. The van der Waals surface area contributed by atoms with Crippen LogP contribution in [0.15, 0.2) is 0 Å². The Morgan fingerprint density at radius 3 is 2.45 bits per heavy atom. The van der Waals surface area contributed by atoms with Crippen molar-refractivity contribution in [3.05, 3.63) is 0 Å². The molecule has 1 aliphatic rings. The number of hydrogen-bond donors (Lipinski definition) is 1. The Labute approximate surface area is 120 Å². The van der Waals surface area contributed by atoms with Crippen LogP contribution in [0.2, 0.25) is 0 Å². The summed E-state index contributed by atoms with van der Waals surface area (Å²) < 4.78 is 46.8. The van der Waals surface area contributed by atoms with Crippen LogP contribution in [0.4, 0.5) is 0 Å². The lowest BCUT2D eigenvalue weighted by molar-refractivity contribution is -0.121. The summed E-state index contributed by atoms with van der Waals surface area (Å²) in [6, 6.07) is -0.342. The highest BCUT2D eigenvalue weighted by Gasteiger charge is 2.29. The molecule has 0 spiro atoms. The number of nitrogens with one attached hydrogen (secondary N) is 1. The van der Waals surface area contributed by atoms with E-state index >= 15 is 0 Å². The maximum atomic E-state index is 11.7. The third kappa shape index (κ3) is 5.76. The fourth-order valence-corrected chi connectivity index (χ4v) is 4.74. The molecule has 9 heteroatoms. The Kier molecular flexibility index (Phi) is 5.96. The molecular formula is C11H22N2O5S2. The van der Waals surface area contributed by atoms with Gasteiger partial charge in [-0.2, -0.15) is 0 Å². The zero-order chi connectivity index (χ0) is 15.4. The highest BCUT2D eigenvalue weighted by Crippen LogP contribution is 2.11. The van der Waals surface area contributed by atoms with Gasteiger partial charge in [-0.05, 0) is 12.8 Å². The smallest absolute Gasteiger partial charge is 0.221 e. The first-order valence-corrected chi connectivity index (χ1v) is 10.3. The van der Waals surface area contributed by atoms with Crippen LogP contribution in [0, 0.1) is 0 Å². The summed E-state index contributed by atoms with van der Waals surface area (Å²) in [6.45, 7) is 2.36. The van der Waals surface area contributed by atoms with Crippen molar-refractivity contribution in [2.24, 2.45) is 0 Å². The van der Waals surface area contributed by atoms with Crippen LogP contribution in [0.25, 0.3) is 0 Å². The number of sulfonamides is 1. The van der Waals surface area contributed by atoms with Gasteiger partial charge in [0, 0.05) is 25.6 Å². The van der Waals surface area contributed by atoms with Gasteiger partial charge >= 0.3 is 0 Å². The Morgan fingerprint density at radius 2 is 2.00 bits per heavy atom. The van der Waals surface area contributed by atoms with E-state index in [1.807, 2.05) is 6.92 Å². The molecule has 1 unspecified atom stereocenters. The molecule has 0 aromatic carbocycles. The van der Waals surface area contributed by atoms with E-state index in [9.17, 15) is 21.6 Å². The number of carbonyl (C=O) groups is 1. The maximum absolute atomic E-state index is 11.7. The van der Waals surface area contributed by atoms with Crippen molar-refractivity contribution < 1.29 is 21.6 Å². The molecule has 0 aromatic rings. The standard InChI is InChI=1S/C11H22N2O5S2/c1-3-6-13(19(2,15)16)7-4-11(14)12-10-5-8-20(17,18)9-10/h10H,3-9H2,1-2H3,(H,12,14). The van der Waals surface area contributed by atoms with Crippen LogP contribution >= 0.6 is 0 Å². The SMILES string of the molecule is CCCN(CCC(=O)NC1CCS(=O)(=O)C1)S(C)(=O)=O. The largest absolute Gasteiger partial charge is 0.352 e. The molecule has 0 aromatic heterocycles. The van der Waals surface area contributed by atoms with Gasteiger partial charge in [-0.15, -0.1) is 0 Å². The van der Waals surface area contributed by atoms with Crippen molar-refractivity contribution in [1.29, 1.82) is 0 Å². The molecule has 0 bridgehead atoms. The van der Waals surface area contributed by atoms with Gasteiger partial charge in [0.05, 0.1) is 17.8 Å². The normalized spacial score (nSPS) is 22.1. The Bertz CT molecular complexity index is 541. The van der Waals surface area contributed by atoms with Gasteiger partial charge in [0.15, 0.2) is 9.84 Å². The molecule has 0 aliphatic carbocycles. The molecule has 1 rings (SSSR count). The zero-order valence-corrected chi connectivity index (χ0v) is 13.5. The second-order valence-corrected chi connectivity index (χ2v) is 9.29. The van der Waals surface area contributed by atoms with Crippen LogP contribution in [0.3, 0.4) is 0 Å². The second kappa shape index (κ2) is 6.86. The van der Waals surface area contributed by atoms with Gasteiger partial charge < -0.3 is 5.32 Å². The molecule has 0 radical (unpaired) electrons. The van der Waals surface area contributed by atoms with Crippen LogP contribution in [-0.4, -0.2) is 63.9 Å². The average molecular weight is 326 g/mol. The van der Waals surface area contributed by atoms with Gasteiger partial charge in [-0.3, -0.25) is 4.79 Å². The Balaban J connectivity index is 2.43. The lowest BCUT2D eigenvalue weighted by atomic mass is 10.2. The molecule has 1 amide bonds. The van der Waals surface area contributed by atoms with E-state index in [4.69, 9.17) is 0 Å². The fraction of sp³-hybridized carbons (Fsp3) is 0.909. The molecule has 1 heterocycles. The van der Waals surface area contributed by atoms with Crippen molar-refractivity contribution in [2.75, 3.05) is 30.9 Å². The highest BCUT2D eigenvalue weighted by molar-refractivity contribution is 7.91. The summed E-state index contributed by atoms with van der Waals surface area (Å²) in [6.07, 6.45) is 2.27. The van der Waals surface area contributed by atoms with Crippen LogP contribution in [0.5, 0.6) is 0 Å². The predicted octanol–water partition coefficient (Wildman–Crippen LogP) is -0.649. The van der Waals surface area contributed by atoms with E-state index in [0.29, 0.717) is 19.4 Å². The topological polar surface area (TPSA) is 101 Å². The summed E-state index contributed by atoms with van der Waals surface area (Å²) in [4.78, 5) is 11.7. The van der Waals surface area contributed by atoms with Gasteiger partial charge in [0.25, 0.3) is 0 Å². The first kappa shape index (κ1) is 17.4. The van der Waals surface area contributed by atoms with Gasteiger partial charge in [-0.1, -0.05) is 6.92 Å². The molecule has 1 fully saturated rings. The van der Waals surface area contributed by atoms with E-state index in [2.05, 4.69) is 5.32 Å². The van der Waals surface area contributed by atoms with Crippen molar-refractivity contribution in [2.45, 2.75) is 32.2 Å².